The molecule has 2 aromatic carbocycles. The number of carbonyl (C=O) groups excluding carboxylic acids is 1. The number of nitrogens with one attached hydrogen (secondary N) is 1. The van der Waals surface area contributed by atoms with E-state index < -0.39 is 24.3 Å². The topological polar surface area (TPSA) is 106 Å². The Hall–Kier alpha value is -3.45. The van der Waals surface area contributed by atoms with E-state index in [1.165, 1.54) is 13.2 Å². The molecule has 1 aliphatic carbocycles. The average Bonchev–Trinajstić information content (AvgIpc) is 3.79. The molecule has 12 heteroatoms. The number of fused-ring (bicyclic) bond motifs is 2. The van der Waals surface area contributed by atoms with Crippen LogP contribution in [0, 0.1) is 5.82 Å². The first-order valence-electron chi connectivity index (χ1n) is 14.6. The molecule has 10 nitrogen and oxygen atoms in total. The number of carbonyl (C=O) groups is 1. The van der Waals surface area contributed by atoms with E-state index in [-0.39, 0.29) is 23.1 Å². The Morgan fingerprint density at radius 1 is 1.21 bits per heavy atom. The molecule has 6 rings (SSSR count). The number of piperazine rings is 1. The number of hydrogen-bond donors (Lipinski definition) is 2. The first-order valence-corrected chi connectivity index (χ1v) is 14.6. The van der Waals surface area contributed by atoms with E-state index in [9.17, 15) is 14.6 Å². The van der Waals surface area contributed by atoms with E-state index in [0.29, 0.717) is 48.7 Å². The van der Waals surface area contributed by atoms with Crippen molar-refractivity contribution >= 4 is 35.1 Å². The van der Waals surface area contributed by atoms with Gasteiger partial charge in [-0.2, -0.15) is 0 Å². The Morgan fingerprint density at radius 3 is 2.71 bits per heavy atom. The second-order valence-electron chi connectivity index (χ2n) is 11.1. The van der Waals surface area contributed by atoms with Crippen LogP contribution >= 0.6 is 0 Å². The van der Waals surface area contributed by atoms with Gasteiger partial charge in [-0.05, 0) is 50.1 Å². The zero-order chi connectivity index (χ0) is 29.4. The van der Waals surface area contributed by atoms with Crippen LogP contribution in [-0.4, -0.2) is 87.6 Å². The van der Waals surface area contributed by atoms with E-state index in [1.807, 2.05) is 34.7 Å². The van der Waals surface area contributed by atoms with E-state index in [1.54, 1.807) is 12.3 Å². The van der Waals surface area contributed by atoms with Gasteiger partial charge in [0, 0.05) is 62.4 Å². The summed E-state index contributed by atoms with van der Waals surface area (Å²) in [6, 6.07) is 8.96. The summed E-state index contributed by atoms with van der Waals surface area (Å²) in [6.45, 7) is 4.80. The van der Waals surface area contributed by atoms with Crippen LogP contribution in [0.5, 0.6) is 5.75 Å². The highest BCUT2D eigenvalue weighted by molar-refractivity contribution is 6.62. The van der Waals surface area contributed by atoms with E-state index in [4.69, 9.17) is 14.1 Å². The van der Waals surface area contributed by atoms with Gasteiger partial charge in [0.1, 0.15) is 17.1 Å². The number of anilines is 1. The van der Waals surface area contributed by atoms with Gasteiger partial charge in [0.05, 0.1) is 31.0 Å². The highest BCUT2D eigenvalue weighted by atomic mass is 19.1. The Kier molecular flexibility index (Phi) is 8.22. The van der Waals surface area contributed by atoms with Crippen molar-refractivity contribution in [3.63, 3.8) is 0 Å². The van der Waals surface area contributed by atoms with Crippen molar-refractivity contribution in [2.75, 3.05) is 64.9 Å². The van der Waals surface area contributed by atoms with Crippen LogP contribution in [0.1, 0.15) is 47.3 Å². The van der Waals surface area contributed by atoms with Crippen molar-refractivity contribution in [1.29, 1.82) is 0 Å². The number of ether oxygens (including phenoxy) is 2. The lowest BCUT2D eigenvalue weighted by molar-refractivity contribution is 0.0598. The first kappa shape index (κ1) is 28.7. The summed E-state index contributed by atoms with van der Waals surface area (Å²) in [6.07, 6.45) is 4.07. The van der Waals surface area contributed by atoms with Gasteiger partial charge >= 0.3 is 13.1 Å². The molecule has 1 unspecified atom stereocenters. The second kappa shape index (κ2) is 12.0. The fraction of sp³-hybridized carbons (Fsp3) is 0.467. The predicted octanol–water partition coefficient (Wildman–Crippen LogP) is 1.83. The molecule has 2 N–H and O–H groups in total. The molecule has 0 radical (unpaired) electrons. The van der Waals surface area contributed by atoms with Crippen LogP contribution in [0.15, 0.2) is 41.3 Å². The van der Waals surface area contributed by atoms with Crippen molar-refractivity contribution in [3.05, 3.63) is 63.7 Å². The Labute approximate surface area is 244 Å². The van der Waals surface area contributed by atoms with Crippen molar-refractivity contribution in [2.24, 2.45) is 0 Å². The van der Waals surface area contributed by atoms with Crippen molar-refractivity contribution in [3.8, 4) is 5.75 Å². The van der Waals surface area contributed by atoms with Gasteiger partial charge in [-0.25, -0.2) is 9.18 Å². The molecule has 222 valence electrons. The zero-order valence-corrected chi connectivity index (χ0v) is 24.0. The maximum absolute atomic E-state index is 15.4. The third kappa shape index (κ3) is 5.51. The highest BCUT2D eigenvalue weighted by Gasteiger charge is 2.37. The molecule has 3 heterocycles. The summed E-state index contributed by atoms with van der Waals surface area (Å²) in [7, 11) is 2.09. The second-order valence-corrected chi connectivity index (χ2v) is 11.1. The number of rotatable bonds is 10. The van der Waals surface area contributed by atoms with Crippen molar-refractivity contribution in [2.45, 2.75) is 31.4 Å². The molecule has 2 aliphatic heterocycles. The number of esters is 1. The normalized spacial score (nSPS) is 18.9. The van der Waals surface area contributed by atoms with Gasteiger partial charge in [-0.1, -0.05) is 12.1 Å². The van der Waals surface area contributed by atoms with Gasteiger partial charge in [0.15, 0.2) is 0 Å². The monoisotopic (exact) mass is 578 g/mol. The van der Waals surface area contributed by atoms with Crippen LogP contribution < -0.4 is 25.8 Å². The molecule has 0 bridgehead atoms. The summed E-state index contributed by atoms with van der Waals surface area (Å²) in [5.41, 5.74) is 2.20. The summed E-state index contributed by atoms with van der Waals surface area (Å²) in [5, 5.41) is 13.7. The molecule has 2 fully saturated rings. The molecule has 1 saturated heterocycles. The van der Waals surface area contributed by atoms with Gasteiger partial charge in [-0.3, -0.25) is 9.69 Å². The third-order valence-corrected chi connectivity index (χ3v) is 8.41. The minimum atomic E-state index is -0.994. The van der Waals surface area contributed by atoms with Crippen LogP contribution in [0.2, 0.25) is 0 Å². The largest absolute Gasteiger partial charge is 0.495 e. The van der Waals surface area contributed by atoms with Crippen molar-refractivity contribution < 1.29 is 28.3 Å². The number of methoxy groups -OCH3 is 1. The lowest BCUT2D eigenvalue weighted by atomic mass is 9.78. The molecule has 1 atom stereocenters. The molecular weight excluding hydrogens is 542 g/mol. The maximum atomic E-state index is 15.4. The molecule has 0 amide bonds. The standard InChI is InChI=1S/C30H36BFN4O6/c1-33-17-27-20-5-3-6-26(28(20)31(39)42-27)41-14-4-9-34-10-12-35(13-11-34)25-16-24-21(15-23(25)32)29(37)22(30(38)40-2)18-36(24)19-7-8-19/h3,5-6,15-16,18-19,27,33,39H,4,7-14,17H2,1-2H3. The molecule has 3 aromatic rings. The predicted molar refractivity (Wildman–Crippen MR) is 158 cm³/mol. The molecule has 3 aliphatic rings. The zero-order valence-electron chi connectivity index (χ0n) is 24.0. The lowest BCUT2D eigenvalue weighted by Crippen LogP contribution is -2.47. The minimum absolute atomic E-state index is 0.0687. The SMILES string of the molecule is CNCC1OB(O)c2c(OCCCN3CCN(c4cc5c(cc4F)c(=O)c(C(=O)OC)cn5C4CC4)CC3)cccc21. The summed E-state index contributed by atoms with van der Waals surface area (Å²) >= 11 is 0. The molecular formula is C30H36BFN4O6. The number of likely N-dealkylation sites (N-methyl/N-ethyl adjacent to an activating group) is 1. The van der Waals surface area contributed by atoms with Crippen LogP contribution in [0.4, 0.5) is 10.1 Å². The summed E-state index contributed by atoms with van der Waals surface area (Å²) in [4.78, 5) is 29.5. The molecule has 1 saturated carbocycles. The third-order valence-electron chi connectivity index (χ3n) is 8.41. The number of nitrogens with zero attached hydrogens (tertiary/aromatic N) is 3. The molecule has 42 heavy (non-hydrogen) atoms. The Bertz CT molecular complexity index is 1540. The lowest BCUT2D eigenvalue weighted by Gasteiger charge is -2.36. The van der Waals surface area contributed by atoms with Crippen molar-refractivity contribution in [1.82, 2.24) is 14.8 Å². The van der Waals surface area contributed by atoms with Gasteiger partial charge in [0.2, 0.25) is 5.43 Å². The van der Waals surface area contributed by atoms with E-state index in [2.05, 4.69) is 10.2 Å². The van der Waals surface area contributed by atoms with Gasteiger partial charge in [0.25, 0.3) is 0 Å². The average molecular weight is 578 g/mol. The number of benzene rings is 2. The van der Waals surface area contributed by atoms with Crippen LogP contribution in [0.3, 0.4) is 0 Å². The molecule has 1 aromatic heterocycles. The summed E-state index contributed by atoms with van der Waals surface area (Å²) < 4.78 is 33.8. The maximum Gasteiger partial charge on any atom is 0.495 e. The van der Waals surface area contributed by atoms with E-state index in [0.717, 1.165) is 44.5 Å². The Balaban J connectivity index is 1.07. The minimum Gasteiger partial charge on any atom is -0.494 e. The Morgan fingerprint density at radius 2 is 2.00 bits per heavy atom. The smallest absolute Gasteiger partial charge is 0.494 e. The number of hydrogen-bond acceptors (Lipinski definition) is 9. The number of pyridine rings is 1. The van der Waals surface area contributed by atoms with E-state index >= 15 is 4.39 Å². The summed E-state index contributed by atoms with van der Waals surface area (Å²) in [5.74, 6) is -0.525. The van der Waals surface area contributed by atoms with Gasteiger partial charge < -0.3 is 33.9 Å². The fourth-order valence-corrected chi connectivity index (χ4v) is 6.07. The quantitative estimate of drug-likeness (QED) is 0.212. The van der Waals surface area contributed by atoms with Crippen LogP contribution in [0.25, 0.3) is 10.9 Å². The van der Waals surface area contributed by atoms with Gasteiger partial charge in [-0.15, -0.1) is 0 Å². The number of aromatic nitrogens is 1. The first-order chi connectivity index (χ1) is 20.4. The molecule has 0 spiro atoms. The highest BCUT2D eigenvalue weighted by Crippen LogP contribution is 2.38. The fourth-order valence-electron chi connectivity index (χ4n) is 6.07. The van der Waals surface area contributed by atoms with Crippen LogP contribution in [-0.2, 0) is 9.39 Å². The number of halogens is 1.